The Morgan fingerprint density at radius 3 is 2.39 bits per heavy atom. The highest BCUT2D eigenvalue weighted by Gasteiger charge is 2.38. The molecule has 0 aromatic heterocycles. The van der Waals surface area contributed by atoms with Gasteiger partial charge in [-0.1, -0.05) is 0 Å². The maximum absolute atomic E-state index is 13.3. The largest absolute Gasteiger partial charge is 0.497 e. The predicted octanol–water partition coefficient (Wildman–Crippen LogP) is 1.75. The Labute approximate surface area is 110 Å². The fraction of sp³-hybridized carbons (Fsp3) is 0.455. The molecule has 104 valence electrons. The number of hydrogen-bond donors (Lipinski definition) is 2. The van der Waals surface area contributed by atoms with Crippen LogP contribution in [0.1, 0.15) is 11.6 Å². The van der Waals surface area contributed by atoms with E-state index in [1.54, 1.807) is 0 Å². The van der Waals surface area contributed by atoms with Gasteiger partial charge in [0.05, 0.1) is 14.2 Å². The molecule has 4 nitrogen and oxygen atoms in total. The van der Waals surface area contributed by atoms with E-state index in [9.17, 15) is 8.78 Å². The summed E-state index contributed by atoms with van der Waals surface area (Å²) in [7, 11) is 2.80. The molecule has 0 spiro atoms. The number of methoxy groups -OCH3 is 2. The zero-order valence-electron chi connectivity index (χ0n) is 10.0. The van der Waals surface area contributed by atoms with Crippen LogP contribution >= 0.6 is 12.4 Å². The summed E-state index contributed by atoms with van der Waals surface area (Å²) in [5, 5.41) is 8.59. The fourth-order valence-electron chi connectivity index (χ4n) is 1.40. The number of aliphatic hydroxyl groups is 1. The number of aliphatic hydroxyl groups excluding tert-OH is 1. The van der Waals surface area contributed by atoms with Gasteiger partial charge in [0.25, 0.3) is 5.92 Å². The number of halogens is 3. The van der Waals surface area contributed by atoms with Crippen molar-refractivity contribution in [3.8, 4) is 11.5 Å². The van der Waals surface area contributed by atoms with Crippen molar-refractivity contribution < 1.29 is 23.4 Å². The number of ether oxygens (including phenoxy) is 2. The standard InChI is InChI=1S/C11H15F2NO3.ClH/c1-16-7-3-4-8(9(5-7)17-2)10(14)11(12,13)6-15;/h3-5,10,15H,6,14H2,1-2H3;1H/t10-;/m1./s1. The van der Waals surface area contributed by atoms with Gasteiger partial charge in [-0.05, 0) is 12.1 Å². The van der Waals surface area contributed by atoms with Crippen molar-refractivity contribution in [1.29, 1.82) is 0 Å². The molecule has 0 unspecified atom stereocenters. The molecule has 1 aromatic carbocycles. The van der Waals surface area contributed by atoms with Crippen LogP contribution in [0.2, 0.25) is 0 Å². The van der Waals surface area contributed by atoms with Gasteiger partial charge in [0.2, 0.25) is 0 Å². The molecule has 3 N–H and O–H groups in total. The van der Waals surface area contributed by atoms with E-state index >= 15 is 0 Å². The SMILES string of the molecule is COc1ccc([C@@H](N)C(F)(F)CO)c(OC)c1.Cl. The van der Waals surface area contributed by atoms with Crippen LogP contribution in [0, 0.1) is 0 Å². The van der Waals surface area contributed by atoms with Crippen molar-refractivity contribution in [2.45, 2.75) is 12.0 Å². The van der Waals surface area contributed by atoms with Gasteiger partial charge < -0.3 is 20.3 Å². The lowest BCUT2D eigenvalue weighted by atomic mass is 10.0. The Kier molecular flexibility index (Phi) is 6.31. The van der Waals surface area contributed by atoms with Crippen LogP contribution < -0.4 is 15.2 Å². The van der Waals surface area contributed by atoms with Crippen molar-refractivity contribution in [1.82, 2.24) is 0 Å². The van der Waals surface area contributed by atoms with Crippen LogP contribution in [0.25, 0.3) is 0 Å². The van der Waals surface area contributed by atoms with Gasteiger partial charge in [-0.25, -0.2) is 8.78 Å². The average Bonchev–Trinajstić information content (AvgIpc) is 2.36. The molecule has 0 saturated heterocycles. The fourth-order valence-corrected chi connectivity index (χ4v) is 1.40. The topological polar surface area (TPSA) is 64.7 Å². The van der Waals surface area contributed by atoms with Gasteiger partial charge >= 0.3 is 0 Å². The summed E-state index contributed by atoms with van der Waals surface area (Å²) in [6.07, 6.45) is 0. The molecular weight excluding hydrogens is 268 g/mol. The summed E-state index contributed by atoms with van der Waals surface area (Å²) in [4.78, 5) is 0. The highest BCUT2D eigenvalue weighted by atomic mass is 35.5. The Morgan fingerprint density at radius 2 is 1.94 bits per heavy atom. The summed E-state index contributed by atoms with van der Waals surface area (Å²) in [5.41, 5.74) is 5.54. The lowest BCUT2D eigenvalue weighted by Crippen LogP contribution is -2.36. The molecule has 0 bridgehead atoms. The first-order valence-electron chi connectivity index (χ1n) is 4.92. The van der Waals surface area contributed by atoms with Crippen LogP contribution in [0.5, 0.6) is 11.5 Å². The van der Waals surface area contributed by atoms with E-state index < -0.39 is 18.6 Å². The summed E-state index contributed by atoms with van der Waals surface area (Å²) >= 11 is 0. The van der Waals surface area contributed by atoms with Gasteiger partial charge in [0.1, 0.15) is 24.1 Å². The maximum atomic E-state index is 13.3. The molecule has 18 heavy (non-hydrogen) atoms. The minimum atomic E-state index is -3.40. The monoisotopic (exact) mass is 283 g/mol. The molecule has 7 heteroatoms. The number of rotatable bonds is 5. The van der Waals surface area contributed by atoms with E-state index in [4.69, 9.17) is 20.3 Å². The van der Waals surface area contributed by atoms with Gasteiger partial charge in [-0.2, -0.15) is 0 Å². The molecule has 1 aromatic rings. The Hall–Kier alpha value is -1.11. The van der Waals surface area contributed by atoms with Gasteiger partial charge in [-0.3, -0.25) is 0 Å². The van der Waals surface area contributed by atoms with E-state index in [1.807, 2.05) is 0 Å². The highest BCUT2D eigenvalue weighted by Crippen LogP contribution is 2.35. The van der Waals surface area contributed by atoms with Crippen LogP contribution in [0.15, 0.2) is 18.2 Å². The van der Waals surface area contributed by atoms with Crippen molar-refractivity contribution in [2.24, 2.45) is 5.73 Å². The highest BCUT2D eigenvalue weighted by molar-refractivity contribution is 5.85. The second-order valence-corrected chi connectivity index (χ2v) is 3.50. The van der Waals surface area contributed by atoms with Gasteiger partial charge in [-0.15, -0.1) is 12.4 Å². The van der Waals surface area contributed by atoms with Crippen molar-refractivity contribution >= 4 is 12.4 Å². The van der Waals surface area contributed by atoms with Crippen molar-refractivity contribution in [3.63, 3.8) is 0 Å². The second kappa shape index (κ2) is 6.72. The summed E-state index contributed by atoms with van der Waals surface area (Å²) in [6.45, 7) is -1.32. The lowest BCUT2D eigenvalue weighted by molar-refractivity contribution is -0.0715. The Morgan fingerprint density at radius 1 is 1.33 bits per heavy atom. The van der Waals surface area contributed by atoms with E-state index in [1.165, 1.54) is 32.4 Å². The quantitative estimate of drug-likeness (QED) is 0.864. The van der Waals surface area contributed by atoms with E-state index in [-0.39, 0.29) is 23.7 Å². The molecule has 0 amide bonds. The lowest BCUT2D eigenvalue weighted by Gasteiger charge is -2.23. The second-order valence-electron chi connectivity index (χ2n) is 3.50. The molecule has 0 radical (unpaired) electrons. The molecule has 0 fully saturated rings. The Balaban J connectivity index is 0.00000289. The molecule has 0 aliphatic carbocycles. The number of hydrogen-bond acceptors (Lipinski definition) is 4. The minimum Gasteiger partial charge on any atom is -0.497 e. The third-order valence-corrected chi connectivity index (χ3v) is 2.44. The van der Waals surface area contributed by atoms with Crippen LogP contribution in [-0.4, -0.2) is 31.9 Å². The van der Waals surface area contributed by atoms with Crippen molar-refractivity contribution in [3.05, 3.63) is 23.8 Å². The first kappa shape index (κ1) is 16.9. The predicted molar refractivity (Wildman–Crippen MR) is 65.8 cm³/mol. The summed E-state index contributed by atoms with van der Waals surface area (Å²) in [6, 6.07) is 2.73. The van der Waals surface area contributed by atoms with E-state index in [0.29, 0.717) is 5.75 Å². The van der Waals surface area contributed by atoms with Crippen LogP contribution in [-0.2, 0) is 0 Å². The first-order valence-corrected chi connectivity index (χ1v) is 4.92. The zero-order chi connectivity index (χ0) is 13.1. The molecule has 0 heterocycles. The Bertz CT molecular complexity index is 391. The molecular formula is C11H16ClF2NO3. The first-order chi connectivity index (χ1) is 7.96. The molecule has 0 aliphatic heterocycles. The molecule has 0 saturated carbocycles. The van der Waals surface area contributed by atoms with Gasteiger partial charge in [0, 0.05) is 11.6 Å². The van der Waals surface area contributed by atoms with E-state index in [2.05, 4.69) is 0 Å². The van der Waals surface area contributed by atoms with E-state index in [0.717, 1.165) is 0 Å². The van der Waals surface area contributed by atoms with Crippen LogP contribution in [0.4, 0.5) is 8.78 Å². The number of nitrogens with two attached hydrogens (primary N) is 1. The number of benzene rings is 1. The number of alkyl halides is 2. The van der Waals surface area contributed by atoms with Gasteiger partial charge in [0.15, 0.2) is 0 Å². The normalized spacial score (nSPS) is 12.6. The maximum Gasteiger partial charge on any atom is 0.289 e. The minimum absolute atomic E-state index is 0. The molecule has 0 aliphatic rings. The summed E-state index contributed by atoms with van der Waals surface area (Å²) in [5.74, 6) is -2.72. The summed E-state index contributed by atoms with van der Waals surface area (Å²) < 4.78 is 36.5. The molecule has 1 atom stereocenters. The average molecular weight is 284 g/mol. The zero-order valence-corrected chi connectivity index (χ0v) is 10.8. The van der Waals surface area contributed by atoms with Crippen LogP contribution in [0.3, 0.4) is 0 Å². The smallest absolute Gasteiger partial charge is 0.289 e. The molecule has 1 rings (SSSR count). The third-order valence-electron chi connectivity index (χ3n) is 2.44. The third kappa shape index (κ3) is 3.44. The van der Waals surface area contributed by atoms with Crippen molar-refractivity contribution in [2.75, 3.05) is 20.8 Å².